The van der Waals surface area contributed by atoms with E-state index < -0.39 is 16.5 Å². The minimum absolute atomic E-state index is 0.0388. The Bertz CT molecular complexity index is 765. The molecular weight excluding hydrogens is 276 g/mol. The number of nitriles is 1. The highest BCUT2D eigenvalue weighted by molar-refractivity contribution is 5.96. The molecule has 1 aromatic carbocycles. The SMILES string of the molecule is N#C/C(=C/c1ccc(-c2ccc([N+](=O)[O-])cc2)o1)C(=O)O. The third-order valence-electron chi connectivity index (χ3n) is 2.63. The molecule has 0 radical (unpaired) electrons. The van der Waals surface area contributed by atoms with Gasteiger partial charge in [-0.15, -0.1) is 0 Å². The summed E-state index contributed by atoms with van der Waals surface area (Å²) in [6.45, 7) is 0. The standard InChI is InChI=1S/C14H8N2O5/c15-8-10(14(17)18)7-12-5-6-13(21-12)9-1-3-11(4-2-9)16(19)20/h1-7H,(H,17,18)/b10-7-. The van der Waals surface area contributed by atoms with Crippen molar-refractivity contribution in [2.45, 2.75) is 0 Å². The van der Waals surface area contributed by atoms with Gasteiger partial charge in [0, 0.05) is 23.8 Å². The Hall–Kier alpha value is -3.40. The monoisotopic (exact) mass is 284 g/mol. The number of carboxylic acid groups (broad SMARTS) is 1. The molecule has 7 nitrogen and oxygen atoms in total. The Morgan fingerprint density at radius 1 is 1.29 bits per heavy atom. The van der Waals surface area contributed by atoms with E-state index in [1.54, 1.807) is 12.1 Å². The van der Waals surface area contributed by atoms with Crippen molar-refractivity contribution >= 4 is 17.7 Å². The van der Waals surface area contributed by atoms with Crippen molar-refractivity contribution in [2.75, 3.05) is 0 Å². The summed E-state index contributed by atoms with van der Waals surface area (Å²) in [5.41, 5.74) is 0.122. The molecule has 1 aromatic heterocycles. The largest absolute Gasteiger partial charge is 0.477 e. The molecule has 1 heterocycles. The zero-order valence-corrected chi connectivity index (χ0v) is 10.5. The van der Waals surface area contributed by atoms with E-state index in [-0.39, 0.29) is 11.4 Å². The van der Waals surface area contributed by atoms with E-state index in [0.29, 0.717) is 11.3 Å². The van der Waals surface area contributed by atoms with E-state index in [1.165, 1.54) is 30.3 Å². The number of benzene rings is 1. The first-order valence-electron chi connectivity index (χ1n) is 5.71. The molecule has 0 aliphatic rings. The van der Waals surface area contributed by atoms with Crippen molar-refractivity contribution in [2.24, 2.45) is 0 Å². The lowest BCUT2D eigenvalue weighted by molar-refractivity contribution is -0.384. The van der Waals surface area contributed by atoms with Crippen molar-refractivity contribution in [1.29, 1.82) is 5.26 Å². The first kappa shape index (κ1) is 14.0. The van der Waals surface area contributed by atoms with Crippen LogP contribution in [0.25, 0.3) is 17.4 Å². The van der Waals surface area contributed by atoms with Crippen molar-refractivity contribution < 1.29 is 19.2 Å². The molecule has 0 amide bonds. The molecule has 0 spiro atoms. The number of furan rings is 1. The molecule has 0 atom stereocenters. The third-order valence-corrected chi connectivity index (χ3v) is 2.63. The summed E-state index contributed by atoms with van der Waals surface area (Å²) < 4.78 is 5.39. The van der Waals surface area contributed by atoms with E-state index in [2.05, 4.69) is 0 Å². The molecule has 0 fully saturated rings. The summed E-state index contributed by atoms with van der Waals surface area (Å²) in [6.07, 6.45) is 1.11. The highest BCUT2D eigenvalue weighted by Crippen LogP contribution is 2.25. The number of non-ortho nitro benzene ring substituents is 1. The number of nitro benzene ring substituents is 1. The van der Waals surface area contributed by atoms with Crippen LogP contribution >= 0.6 is 0 Å². The molecule has 7 heteroatoms. The maximum atomic E-state index is 10.7. The fourth-order valence-electron chi connectivity index (χ4n) is 1.62. The van der Waals surface area contributed by atoms with Crippen LogP contribution in [0.15, 0.2) is 46.4 Å². The Morgan fingerprint density at radius 3 is 2.48 bits per heavy atom. The molecule has 2 rings (SSSR count). The van der Waals surface area contributed by atoms with Crippen LogP contribution in [0.3, 0.4) is 0 Å². The van der Waals surface area contributed by atoms with Gasteiger partial charge in [0.25, 0.3) is 5.69 Å². The van der Waals surface area contributed by atoms with Gasteiger partial charge in [0.2, 0.25) is 0 Å². The summed E-state index contributed by atoms with van der Waals surface area (Å²) in [6, 6.07) is 10.4. The Labute approximate surface area is 118 Å². The predicted molar refractivity (Wildman–Crippen MR) is 72.0 cm³/mol. The molecule has 0 unspecified atom stereocenters. The lowest BCUT2D eigenvalue weighted by atomic mass is 10.1. The van der Waals surface area contributed by atoms with Crippen LogP contribution in [-0.2, 0) is 4.79 Å². The Kier molecular flexibility index (Phi) is 3.81. The van der Waals surface area contributed by atoms with Gasteiger partial charge in [-0.05, 0) is 24.3 Å². The quantitative estimate of drug-likeness (QED) is 0.399. The van der Waals surface area contributed by atoms with Crippen LogP contribution in [0.2, 0.25) is 0 Å². The van der Waals surface area contributed by atoms with Gasteiger partial charge in [-0.2, -0.15) is 5.26 Å². The second-order valence-electron chi connectivity index (χ2n) is 3.98. The van der Waals surface area contributed by atoms with Crippen LogP contribution in [0.4, 0.5) is 5.69 Å². The van der Waals surface area contributed by atoms with Gasteiger partial charge in [0.1, 0.15) is 23.2 Å². The number of hydrogen-bond donors (Lipinski definition) is 1. The molecule has 1 N–H and O–H groups in total. The van der Waals surface area contributed by atoms with E-state index in [0.717, 1.165) is 6.08 Å². The normalized spacial score (nSPS) is 10.9. The smallest absolute Gasteiger partial charge is 0.346 e. The molecule has 0 saturated carbocycles. The fraction of sp³-hybridized carbons (Fsp3) is 0. The maximum absolute atomic E-state index is 10.7. The molecule has 0 saturated heterocycles. The topological polar surface area (TPSA) is 117 Å². The van der Waals surface area contributed by atoms with Gasteiger partial charge in [0.15, 0.2) is 0 Å². The number of nitro groups is 1. The third kappa shape index (κ3) is 3.13. The average Bonchev–Trinajstić information content (AvgIpc) is 2.93. The average molecular weight is 284 g/mol. The molecule has 0 aliphatic heterocycles. The highest BCUT2D eigenvalue weighted by atomic mass is 16.6. The first-order chi connectivity index (χ1) is 10.0. The van der Waals surface area contributed by atoms with Gasteiger partial charge >= 0.3 is 5.97 Å². The second kappa shape index (κ2) is 5.71. The second-order valence-corrected chi connectivity index (χ2v) is 3.98. The van der Waals surface area contributed by atoms with Gasteiger partial charge < -0.3 is 9.52 Å². The van der Waals surface area contributed by atoms with Crippen molar-refractivity contribution in [1.82, 2.24) is 0 Å². The van der Waals surface area contributed by atoms with Crippen LogP contribution < -0.4 is 0 Å². The van der Waals surface area contributed by atoms with Gasteiger partial charge in [-0.3, -0.25) is 10.1 Å². The summed E-state index contributed by atoms with van der Waals surface area (Å²) in [5, 5.41) is 28.0. The van der Waals surface area contributed by atoms with E-state index >= 15 is 0 Å². The van der Waals surface area contributed by atoms with Crippen LogP contribution in [0.5, 0.6) is 0 Å². The molecule has 2 aromatic rings. The summed E-state index contributed by atoms with van der Waals surface area (Å²) in [5.74, 6) is -0.716. The lowest BCUT2D eigenvalue weighted by Gasteiger charge is -1.96. The van der Waals surface area contributed by atoms with Crippen LogP contribution in [-0.4, -0.2) is 16.0 Å². The minimum atomic E-state index is -1.34. The number of nitrogens with zero attached hydrogens (tertiary/aromatic N) is 2. The number of aliphatic carboxylic acids is 1. The Balaban J connectivity index is 2.30. The molecule has 0 aliphatic carbocycles. The summed E-state index contributed by atoms with van der Waals surface area (Å²) in [4.78, 5) is 20.8. The van der Waals surface area contributed by atoms with E-state index in [1.807, 2.05) is 0 Å². The highest BCUT2D eigenvalue weighted by Gasteiger charge is 2.10. The van der Waals surface area contributed by atoms with Crippen molar-refractivity contribution in [3.8, 4) is 17.4 Å². The fourth-order valence-corrected chi connectivity index (χ4v) is 1.62. The molecule has 104 valence electrons. The maximum Gasteiger partial charge on any atom is 0.346 e. The molecule has 0 bridgehead atoms. The first-order valence-corrected chi connectivity index (χ1v) is 5.71. The van der Waals surface area contributed by atoms with Gasteiger partial charge in [-0.25, -0.2) is 4.79 Å². The van der Waals surface area contributed by atoms with Gasteiger partial charge in [-0.1, -0.05) is 0 Å². The zero-order valence-electron chi connectivity index (χ0n) is 10.5. The van der Waals surface area contributed by atoms with Gasteiger partial charge in [0.05, 0.1) is 4.92 Å². The zero-order chi connectivity index (χ0) is 15.4. The van der Waals surface area contributed by atoms with Crippen molar-refractivity contribution in [3.63, 3.8) is 0 Å². The molecule has 21 heavy (non-hydrogen) atoms. The van der Waals surface area contributed by atoms with Crippen LogP contribution in [0.1, 0.15) is 5.76 Å². The van der Waals surface area contributed by atoms with Crippen LogP contribution in [0, 0.1) is 21.4 Å². The van der Waals surface area contributed by atoms with E-state index in [4.69, 9.17) is 14.8 Å². The predicted octanol–water partition coefficient (Wildman–Crippen LogP) is 2.85. The number of carboxylic acids is 1. The number of rotatable bonds is 4. The van der Waals surface area contributed by atoms with E-state index in [9.17, 15) is 14.9 Å². The Morgan fingerprint density at radius 2 is 1.95 bits per heavy atom. The minimum Gasteiger partial charge on any atom is -0.477 e. The summed E-state index contributed by atoms with van der Waals surface area (Å²) >= 11 is 0. The lowest BCUT2D eigenvalue weighted by Crippen LogP contribution is -1.96. The number of hydrogen-bond acceptors (Lipinski definition) is 5. The summed E-state index contributed by atoms with van der Waals surface area (Å²) in [7, 11) is 0. The molecular formula is C14H8N2O5. The number of carbonyl (C=O) groups is 1. The van der Waals surface area contributed by atoms with Crippen molar-refractivity contribution in [3.05, 3.63) is 57.8 Å².